The molecule has 2 heteroatoms. The van der Waals surface area contributed by atoms with Gasteiger partial charge in [-0.05, 0) is 24.8 Å². The smallest absolute Gasteiger partial charge is 0.0888 e. The first-order chi connectivity index (χ1) is 8.42. The number of benzene rings is 1. The molecule has 1 aliphatic heterocycles. The number of nitrogens with one attached hydrogen (secondary N) is 1. The Morgan fingerprint density at radius 2 is 2.06 bits per heavy atom. The zero-order chi connectivity index (χ0) is 11.5. The SMILES string of the molecule is C(=C\C1CNC2CCCC2O1)/c1ccccc1. The minimum absolute atomic E-state index is 0.231. The Labute approximate surface area is 103 Å². The van der Waals surface area contributed by atoms with Crippen molar-refractivity contribution in [3.8, 4) is 0 Å². The van der Waals surface area contributed by atoms with Crippen LogP contribution >= 0.6 is 0 Å². The van der Waals surface area contributed by atoms with Crippen molar-refractivity contribution < 1.29 is 4.74 Å². The van der Waals surface area contributed by atoms with E-state index in [0.717, 1.165) is 6.54 Å². The molecule has 1 saturated carbocycles. The number of ether oxygens (including phenoxy) is 1. The molecule has 1 aliphatic carbocycles. The first kappa shape index (κ1) is 11.0. The first-order valence-corrected chi connectivity index (χ1v) is 6.54. The van der Waals surface area contributed by atoms with E-state index in [-0.39, 0.29) is 6.10 Å². The van der Waals surface area contributed by atoms with Crippen LogP contribution < -0.4 is 5.32 Å². The van der Waals surface area contributed by atoms with Gasteiger partial charge in [-0.3, -0.25) is 0 Å². The van der Waals surface area contributed by atoms with Crippen LogP contribution in [0.25, 0.3) is 6.08 Å². The van der Waals surface area contributed by atoms with Crippen LogP contribution in [0.1, 0.15) is 24.8 Å². The molecule has 17 heavy (non-hydrogen) atoms. The fraction of sp³-hybridized carbons (Fsp3) is 0.467. The molecule has 0 radical (unpaired) electrons. The predicted molar refractivity (Wildman–Crippen MR) is 69.8 cm³/mol. The number of hydrogen-bond donors (Lipinski definition) is 1. The third-order valence-electron chi connectivity index (χ3n) is 3.69. The van der Waals surface area contributed by atoms with Gasteiger partial charge >= 0.3 is 0 Å². The Bertz CT molecular complexity index is 387. The lowest BCUT2D eigenvalue weighted by Gasteiger charge is -2.32. The quantitative estimate of drug-likeness (QED) is 0.841. The highest BCUT2D eigenvalue weighted by molar-refractivity contribution is 5.49. The molecular weight excluding hydrogens is 210 g/mol. The zero-order valence-corrected chi connectivity index (χ0v) is 10.0. The number of morpholine rings is 1. The molecule has 0 amide bonds. The van der Waals surface area contributed by atoms with Crippen LogP contribution in [0.5, 0.6) is 0 Å². The Morgan fingerprint density at radius 3 is 2.94 bits per heavy atom. The fourth-order valence-corrected chi connectivity index (χ4v) is 2.76. The normalized spacial score (nSPS) is 32.8. The van der Waals surface area contributed by atoms with E-state index >= 15 is 0 Å². The van der Waals surface area contributed by atoms with Crippen molar-refractivity contribution in [2.45, 2.75) is 37.5 Å². The molecule has 90 valence electrons. The fourth-order valence-electron chi connectivity index (χ4n) is 2.76. The summed E-state index contributed by atoms with van der Waals surface area (Å²) in [4.78, 5) is 0. The largest absolute Gasteiger partial charge is 0.368 e. The van der Waals surface area contributed by atoms with E-state index in [2.05, 4.69) is 41.7 Å². The average molecular weight is 229 g/mol. The average Bonchev–Trinajstić information content (AvgIpc) is 2.85. The monoisotopic (exact) mass is 229 g/mol. The molecule has 2 aliphatic rings. The van der Waals surface area contributed by atoms with Gasteiger partial charge in [-0.1, -0.05) is 42.5 Å². The second-order valence-electron chi connectivity index (χ2n) is 4.93. The van der Waals surface area contributed by atoms with Gasteiger partial charge in [0.15, 0.2) is 0 Å². The lowest BCUT2D eigenvalue weighted by molar-refractivity contribution is -0.0271. The van der Waals surface area contributed by atoms with E-state index < -0.39 is 0 Å². The summed E-state index contributed by atoms with van der Waals surface area (Å²) in [6, 6.07) is 11.0. The molecule has 1 aromatic rings. The first-order valence-electron chi connectivity index (χ1n) is 6.54. The van der Waals surface area contributed by atoms with Gasteiger partial charge in [-0.25, -0.2) is 0 Å². The van der Waals surface area contributed by atoms with Gasteiger partial charge < -0.3 is 10.1 Å². The Balaban J connectivity index is 1.61. The maximum absolute atomic E-state index is 6.08. The summed E-state index contributed by atoms with van der Waals surface area (Å²) in [5, 5.41) is 3.59. The van der Waals surface area contributed by atoms with Crippen LogP contribution in [-0.2, 0) is 4.74 Å². The highest BCUT2D eigenvalue weighted by Gasteiger charge is 2.33. The molecular formula is C15H19NO. The van der Waals surface area contributed by atoms with Gasteiger partial charge in [0.25, 0.3) is 0 Å². The number of fused-ring (bicyclic) bond motifs is 1. The minimum Gasteiger partial charge on any atom is -0.368 e. The lowest BCUT2D eigenvalue weighted by atomic mass is 10.1. The highest BCUT2D eigenvalue weighted by atomic mass is 16.5. The number of hydrogen-bond acceptors (Lipinski definition) is 2. The van der Waals surface area contributed by atoms with E-state index in [1.165, 1.54) is 24.8 Å². The van der Waals surface area contributed by atoms with E-state index in [9.17, 15) is 0 Å². The minimum atomic E-state index is 0.231. The second kappa shape index (κ2) is 5.03. The van der Waals surface area contributed by atoms with Crippen molar-refractivity contribution in [2.24, 2.45) is 0 Å². The van der Waals surface area contributed by atoms with Crippen molar-refractivity contribution in [3.63, 3.8) is 0 Å². The Hall–Kier alpha value is -1.12. The third kappa shape index (κ3) is 2.59. The van der Waals surface area contributed by atoms with E-state index in [0.29, 0.717) is 12.1 Å². The summed E-state index contributed by atoms with van der Waals surface area (Å²) in [5.74, 6) is 0. The molecule has 3 rings (SSSR count). The van der Waals surface area contributed by atoms with Gasteiger partial charge in [-0.15, -0.1) is 0 Å². The maximum atomic E-state index is 6.08. The van der Waals surface area contributed by atoms with Crippen LogP contribution in [0.4, 0.5) is 0 Å². The second-order valence-corrected chi connectivity index (χ2v) is 4.93. The maximum Gasteiger partial charge on any atom is 0.0888 e. The molecule has 1 heterocycles. The summed E-state index contributed by atoms with van der Waals surface area (Å²) < 4.78 is 6.08. The summed E-state index contributed by atoms with van der Waals surface area (Å²) in [6.45, 7) is 0.949. The van der Waals surface area contributed by atoms with Crippen molar-refractivity contribution in [3.05, 3.63) is 42.0 Å². The molecule has 2 fully saturated rings. The van der Waals surface area contributed by atoms with Gasteiger partial charge in [0, 0.05) is 12.6 Å². The van der Waals surface area contributed by atoms with Crippen molar-refractivity contribution >= 4 is 6.08 Å². The van der Waals surface area contributed by atoms with Crippen molar-refractivity contribution in [1.82, 2.24) is 5.32 Å². The predicted octanol–water partition coefficient (Wildman–Crippen LogP) is 2.61. The summed E-state index contributed by atoms with van der Waals surface area (Å²) in [5.41, 5.74) is 1.24. The highest BCUT2D eigenvalue weighted by Crippen LogP contribution is 2.26. The van der Waals surface area contributed by atoms with Crippen LogP contribution in [0.2, 0.25) is 0 Å². The van der Waals surface area contributed by atoms with E-state index in [4.69, 9.17) is 4.74 Å². The number of rotatable bonds is 2. The van der Waals surface area contributed by atoms with Crippen LogP contribution in [0.15, 0.2) is 36.4 Å². The van der Waals surface area contributed by atoms with Crippen LogP contribution in [-0.4, -0.2) is 24.8 Å². The topological polar surface area (TPSA) is 21.3 Å². The summed E-state index contributed by atoms with van der Waals surface area (Å²) in [6.07, 6.45) is 8.80. The zero-order valence-electron chi connectivity index (χ0n) is 10.0. The van der Waals surface area contributed by atoms with Crippen molar-refractivity contribution in [2.75, 3.05) is 6.54 Å². The molecule has 0 aromatic heterocycles. The standard InChI is InChI=1S/C15H19NO/c1-2-5-12(6-3-1)9-10-13-11-16-14-7-4-8-15(14)17-13/h1-3,5-6,9-10,13-16H,4,7-8,11H2/b10-9+. The molecule has 0 bridgehead atoms. The van der Waals surface area contributed by atoms with E-state index in [1.807, 2.05) is 6.07 Å². The molecule has 1 aromatic carbocycles. The molecule has 3 atom stereocenters. The Kier molecular flexibility index (Phi) is 3.25. The molecule has 0 spiro atoms. The molecule has 1 saturated heterocycles. The van der Waals surface area contributed by atoms with Gasteiger partial charge in [0.2, 0.25) is 0 Å². The van der Waals surface area contributed by atoms with E-state index in [1.54, 1.807) is 0 Å². The summed E-state index contributed by atoms with van der Waals surface area (Å²) >= 11 is 0. The summed E-state index contributed by atoms with van der Waals surface area (Å²) in [7, 11) is 0. The molecule has 2 nitrogen and oxygen atoms in total. The lowest BCUT2D eigenvalue weighted by Crippen LogP contribution is -2.49. The van der Waals surface area contributed by atoms with Gasteiger partial charge in [0.1, 0.15) is 0 Å². The third-order valence-corrected chi connectivity index (χ3v) is 3.69. The van der Waals surface area contributed by atoms with Crippen LogP contribution in [0, 0.1) is 0 Å². The molecule has 3 unspecified atom stereocenters. The Morgan fingerprint density at radius 1 is 1.18 bits per heavy atom. The van der Waals surface area contributed by atoms with Crippen molar-refractivity contribution in [1.29, 1.82) is 0 Å². The molecule has 1 N–H and O–H groups in total. The van der Waals surface area contributed by atoms with Gasteiger partial charge in [-0.2, -0.15) is 0 Å². The van der Waals surface area contributed by atoms with Gasteiger partial charge in [0.05, 0.1) is 12.2 Å². The van der Waals surface area contributed by atoms with Crippen LogP contribution in [0.3, 0.4) is 0 Å².